The first-order valence-electron chi connectivity index (χ1n) is 11.1. The van der Waals surface area contributed by atoms with Crippen LogP contribution in [0.4, 0.5) is 0 Å². The van der Waals surface area contributed by atoms with Crippen molar-refractivity contribution in [3.8, 4) is 0 Å². The molecule has 0 spiro atoms. The highest BCUT2D eigenvalue weighted by atomic mass is 32.2. The minimum atomic E-state index is -3.71. The van der Waals surface area contributed by atoms with Crippen LogP contribution in [0.5, 0.6) is 0 Å². The summed E-state index contributed by atoms with van der Waals surface area (Å²) in [5.74, 6) is -0.128. The fraction of sp³-hybridized carbons (Fsp3) is 0.636. The smallest absolute Gasteiger partial charge is 0.243 e. The van der Waals surface area contributed by atoms with E-state index in [2.05, 4.69) is 5.32 Å². The first kappa shape index (κ1) is 23.7. The predicted molar refractivity (Wildman–Crippen MR) is 119 cm³/mol. The summed E-state index contributed by atoms with van der Waals surface area (Å²) in [6.45, 7) is 8.83. The highest BCUT2D eigenvalue weighted by Gasteiger charge is 2.41. The van der Waals surface area contributed by atoms with Gasteiger partial charge in [0.15, 0.2) is 0 Å². The largest absolute Gasteiger partial charge is 0.353 e. The summed E-state index contributed by atoms with van der Waals surface area (Å²) in [4.78, 5) is 29.3. The Balaban J connectivity index is 1.59. The van der Waals surface area contributed by atoms with Crippen molar-refractivity contribution >= 4 is 21.8 Å². The van der Waals surface area contributed by atoms with Crippen LogP contribution in [0, 0.1) is 6.92 Å². The third kappa shape index (κ3) is 5.64. The van der Waals surface area contributed by atoms with Gasteiger partial charge in [0.25, 0.3) is 0 Å². The van der Waals surface area contributed by atoms with Crippen molar-refractivity contribution in [1.29, 1.82) is 0 Å². The minimum Gasteiger partial charge on any atom is -0.353 e. The second kappa shape index (κ2) is 10.1. The van der Waals surface area contributed by atoms with E-state index in [1.807, 2.05) is 25.7 Å². The maximum Gasteiger partial charge on any atom is 0.243 e. The average molecular weight is 451 g/mol. The number of nitrogens with one attached hydrogen (secondary N) is 1. The van der Waals surface area contributed by atoms with E-state index in [1.54, 1.807) is 29.2 Å². The second-order valence-electron chi connectivity index (χ2n) is 8.57. The Morgan fingerprint density at radius 2 is 1.74 bits per heavy atom. The molecule has 1 aromatic carbocycles. The van der Waals surface area contributed by atoms with Gasteiger partial charge in [-0.1, -0.05) is 24.6 Å². The lowest BCUT2D eigenvalue weighted by molar-refractivity contribution is -0.136. The van der Waals surface area contributed by atoms with Gasteiger partial charge in [0.05, 0.1) is 11.4 Å². The van der Waals surface area contributed by atoms with Gasteiger partial charge in [-0.3, -0.25) is 14.5 Å². The number of hydrogen-bond donors (Lipinski definition) is 1. The lowest BCUT2D eigenvalue weighted by Crippen LogP contribution is -2.55. The average Bonchev–Trinajstić information content (AvgIpc) is 3.25. The summed E-state index contributed by atoms with van der Waals surface area (Å²) >= 11 is 0. The molecule has 9 heteroatoms. The van der Waals surface area contributed by atoms with Crippen LogP contribution >= 0.6 is 0 Å². The lowest BCUT2D eigenvalue weighted by atomic mass is 10.2. The predicted octanol–water partition coefficient (Wildman–Crippen LogP) is 1.21. The van der Waals surface area contributed by atoms with E-state index in [-0.39, 0.29) is 22.8 Å². The SMILES string of the molecule is CCC(C)NC(=O)CN1CCN(C(=O)[C@@H]2CCCN2S(=O)(=O)c2ccc(C)cc2)CC1. The molecule has 2 aliphatic heterocycles. The molecule has 0 aliphatic carbocycles. The first-order chi connectivity index (χ1) is 14.7. The van der Waals surface area contributed by atoms with Gasteiger partial charge in [0.1, 0.15) is 6.04 Å². The molecule has 0 saturated carbocycles. The van der Waals surface area contributed by atoms with Crippen LogP contribution in [0.15, 0.2) is 29.2 Å². The molecule has 3 rings (SSSR count). The van der Waals surface area contributed by atoms with Crippen molar-refractivity contribution in [1.82, 2.24) is 19.4 Å². The third-order valence-electron chi connectivity index (χ3n) is 6.19. The summed E-state index contributed by atoms with van der Waals surface area (Å²) in [5.41, 5.74) is 0.990. The molecule has 0 bridgehead atoms. The molecule has 2 atom stereocenters. The fourth-order valence-electron chi connectivity index (χ4n) is 4.08. The molecule has 8 nitrogen and oxygen atoms in total. The van der Waals surface area contributed by atoms with E-state index in [1.165, 1.54) is 4.31 Å². The highest BCUT2D eigenvalue weighted by Crippen LogP contribution is 2.27. The zero-order valence-electron chi connectivity index (χ0n) is 18.7. The number of aryl methyl sites for hydroxylation is 1. The van der Waals surface area contributed by atoms with E-state index in [0.717, 1.165) is 12.0 Å². The number of piperazine rings is 1. The number of hydrogen-bond acceptors (Lipinski definition) is 5. The molecule has 2 heterocycles. The monoisotopic (exact) mass is 450 g/mol. The van der Waals surface area contributed by atoms with Crippen molar-refractivity contribution in [3.63, 3.8) is 0 Å². The van der Waals surface area contributed by atoms with Crippen LogP contribution in [0.3, 0.4) is 0 Å². The van der Waals surface area contributed by atoms with Gasteiger partial charge < -0.3 is 10.2 Å². The van der Waals surface area contributed by atoms with Crippen LogP contribution in [-0.2, 0) is 19.6 Å². The second-order valence-corrected chi connectivity index (χ2v) is 10.5. The zero-order chi connectivity index (χ0) is 22.6. The molecule has 1 N–H and O–H groups in total. The number of carbonyl (C=O) groups excluding carboxylic acids is 2. The molecule has 0 aromatic heterocycles. The lowest BCUT2D eigenvalue weighted by Gasteiger charge is -2.37. The number of benzene rings is 1. The van der Waals surface area contributed by atoms with E-state index < -0.39 is 16.1 Å². The van der Waals surface area contributed by atoms with Gasteiger partial charge >= 0.3 is 0 Å². The van der Waals surface area contributed by atoms with Crippen LogP contribution in [0.25, 0.3) is 0 Å². The van der Waals surface area contributed by atoms with E-state index in [0.29, 0.717) is 52.1 Å². The van der Waals surface area contributed by atoms with Gasteiger partial charge in [-0.25, -0.2) is 8.42 Å². The molecule has 172 valence electrons. The zero-order valence-corrected chi connectivity index (χ0v) is 19.5. The minimum absolute atomic E-state index is 0.000265. The summed E-state index contributed by atoms with van der Waals surface area (Å²) in [6.07, 6.45) is 2.11. The van der Waals surface area contributed by atoms with E-state index >= 15 is 0 Å². The van der Waals surface area contributed by atoms with Gasteiger partial charge in [-0.15, -0.1) is 0 Å². The maximum absolute atomic E-state index is 13.2. The standard InChI is InChI=1S/C22H34N4O4S/c1-4-18(3)23-21(27)16-24-12-14-25(15-13-24)22(28)20-6-5-11-26(20)31(29,30)19-9-7-17(2)8-10-19/h7-10,18,20H,4-6,11-16H2,1-3H3,(H,23,27)/t18?,20-/m0/s1. The van der Waals surface area contributed by atoms with Gasteiger partial charge in [0, 0.05) is 38.8 Å². The Morgan fingerprint density at radius 3 is 2.35 bits per heavy atom. The first-order valence-corrected chi connectivity index (χ1v) is 12.6. The van der Waals surface area contributed by atoms with Crippen LogP contribution < -0.4 is 5.32 Å². The number of nitrogens with zero attached hydrogens (tertiary/aromatic N) is 3. The van der Waals surface area contributed by atoms with Crippen LogP contribution in [0.1, 0.15) is 38.7 Å². The molecule has 1 aromatic rings. The molecular weight excluding hydrogens is 416 g/mol. The molecule has 2 saturated heterocycles. The van der Waals surface area contributed by atoms with Crippen LogP contribution in [0.2, 0.25) is 0 Å². The molecule has 2 fully saturated rings. The number of sulfonamides is 1. The Morgan fingerprint density at radius 1 is 1.10 bits per heavy atom. The van der Waals surface area contributed by atoms with Gasteiger partial charge in [-0.05, 0) is 45.2 Å². The summed E-state index contributed by atoms with van der Waals surface area (Å²) in [7, 11) is -3.71. The topological polar surface area (TPSA) is 90.0 Å². The van der Waals surface area contributed by atoms with Crippen molar-refractivity contribution < 1.29 is 18.0 Å². The van der Waals surface area contributed by atoms with Crippen molar-refractivity contribution in [2.45, 2.75) is 57.0 Å². The number of rotatable bonds is 7. The quantitative estimate of drug-likeness (QED) is 0.674. The van der Waals surface area contributed by atoms with E-state index in [4.69, 9.17) is 0 Å². The number of carbonyl (C=O) groups is 2. The molecule has 31 heavy (non-hydrogen) atoms. The Bertz CT molecular complexity index is 879. The van der Waals surface area contributed by atoms with Crippen molar-refractivity contribution in [2.24, 2.45) is 0 Å². The Hall–Kier alpha value is -1.97. The summed E-state index contributed by atoms with van der Waals surface area (Å²) in [5, 5.41) is 2.96. The molecule has 0 radical (unpaired) electrons. The normalized spacial score (nSPS) is 21.8. The van der Waals surface area contributed by atoms with Crippen molar-refractivity contribution in [3.05, 3.63) is 29.8 Å². The summed E-state index contributed by atoms with van der Waals surface area (Å²) < 4.78 is 27.6. The van der Waals surface area contributed by atoms with Crippen molar-refractivity contribution in [2.75, 3.05) is 39.3 Å². The van der Waals surface area contributed by atoms with E-state index in [9.17, 15) is 18.0 Å². The molecule has 2 amide bonds. The van der Waals surface area contributed by atoms with Gasteiger partial charge in [-0.2, -0.15) is 4.31 Å². The fourth-order valence-corrected chi connectivity index (χ4v) is 5.73. The molecule has 1 unspecified atom stereocenters. The highest BCUT2D eigenvalue weighted by molar-refractivity contribution is 7.89. The van der Waals surface area contributed by atoms with Crippen LogP contribution in [-0.4, -0.2) is 85.7 Å². The third-order valence-corrected chi connectivity index (χ3v) is 8.11. The maximum atomic E-state index is 13.2. The number of amides is 2. The summed E-state index contributed by atoms with van der Waals surface area (Å²) in [6, 6.07) is 6.26. The van der Waals surface area contributed by atoms with Gasteiger partial charge in [0.2, 0.25) is 21.8 Å². The Labute approximate surface area is 185 Å². The Kier molecular flexibility index (Phi) is 7.72. The molecular formula is C22H34N4O4S. The molecule has 2 aliphatic rings.